The molecule has 0 fully saturated rings. The maximum atomic E-state index is 3.97. The monoisotopic (exact) mass is 106 g/mol. The lowest BCUT2D eigenvalue weighted by Gasteiger charge is -1.81. The minimum absolute atomic E-state index is 0.589. The maximum absolute atomic E-state index is 3.97. The van der Waals surface area contributed by atoms with Gasteiger partial charge in [0.1, 0.15) is 12.4 Å². The molecule has 0 unspecified atom stereocenters. The molecule has 0 aromatic heterocycles. The predicted molar refractivity (Wildman–Crippen MR) is 34.2 cm³/mol. The molecular weight excluding hydrogens is 100 g/mol. The van der Waals surface area contributed by atoms with Gasteiger partial charge in [0, 0.05) is 0 Å². The van der Waals surface area contributed by atoms with Crippen molar-refractivity contribution in [2.75, 3.05) is 6.54 Å². The molecule has 2 nitrogen and oxygen atoms in total. The molecule has 0 atom stereocenters. The number of rotatable bonds is 0. The molecule has 1 aliphatic rings. The van der Waals surface area contributed by atoms with Gasteiger partial charge in [-0.25, -0.2) is 4.99 Å². The molecular formula is C6H6N2. The highest BCUT2D eigenvalue weighted by Gasteiger charge is 1.82. The van der Waals surface area contributed by atoms with Crippen LogP contribution in [0, 0.1) is 11.8 Å². The zero-order valence-electron chi connectivity index (χ0n) is 4.68. The van der Waals surface area contributed by atoms with Gasteiger partial charge in [-0.15, -0.1) is 0 Å². The fourth-order valence-corrected chi connectivity index (χ4v) is 0.412. The third-order valence-corrected chi connectivity index (χ3v) is 0.805. The Balaban J connectivity index is 2.75. The number of amidine groups is 1. The van der Waals surface area contributed by atoms with Crippen molar-refractivity contribution in [1.82, 2.24) is 0 Å². The molecule has 0 bridgehead atoms. The Kier molecular flexibility index (Phi) is 1.43. The van der Waals surface area contributed by atoms with Crippen LogP contribution in [-0.4, -0.2) is 18.6 Å². The highest BCUT2D eigenvalue weighted by Crippen LogP contribution is 1.80. The number of hydrogen-bond donors (Lipinski definition) is 0. The van der Waals surface area contributed by atoms with E-state index >= 15 is 0 Å². The molecule has 0 saturated carbocycles. The first-order valence-electron chi connectivity index (χ1n) is 2.41. The van der Waals surface area contributed by atoms with Crippen LogP contribution in [0.5, 0.6) is 0 Å². The summed E-state index contributed by atoms with van der Waals surface area (Å²) in [4.78, 5) is 7.84. The predicted octanol–water partition coefficient (Wildman–Crippen LogP) is 0.493. The summed E-state index contributed by atoms with van der Waals surface area (Å²) in [5.41, 5.74) is 0. The van der Waals surface area contributed by atoms with Crippen molar-refractivity contribution in [1.29, 1.82) is 0 Å². The number of hydrogen-bond acceptors (Lipinski definition) is 2. The second kappa shape index (κ2) is 2.27. The summed E-state index contributed by atoms with van der Waals surface area (Å²) >= 11 is 0. The van der Waals surface area contributed by atoms with Gasteiger partial charge in [0.2, 0.25) is 0 Å². The van der Waals surface area contributed by atoms with E-state index in [-0.39, 0.29) is 0 Å². The molecule has 1 heterocycles. The minimum atomic E-state index is 0.589. The summed E-state index contributed by atoms with van der Waals surface area (Å²) in [5, 5.41) is 0. The quantitative estimate of drug-likeness (QED) is 0.401. The van der Waals surface area contributed by atoms with E-state index in [9.17, 15) is 0 Å². The van der Waals surface area contributed by atoms with Crippen LogP contribution in [0.15, 0.2) is 9.98 Å². The van der Waals surface area contributed by atoms with Crippen LogP contribution < -0.4 is 0 Å². The molecule has 2 heteroatoms. The average Bonchev–Trinajstić information content (AvgIpc) is 1.94. The van der Waals surface area contributed by atoms with Gasteiger partial charge in [0.15, 0.2) is 0 Å². The van der Waals surface area contributed by atoms with Crippen molar-refractivity contribution in [2.45, 2.75) is 6.92 Å². The van der Waals surface area contributed by atoms with Crippen LogP contribution in [0.4, 0.5) is 0 Å². The molecule has 0 spiro atoms. The molecule has 1 aliphatic heterocycles. The molecule has 8 heavy (non-hydrogen) atoms. The Hall–Kier alpha value is -1.10. The lowest BCUT2D eigenvalue weighted by molar-refractivity contribution is 1.26. The van der Waals surface area contributed by atoms with Gasteiger partial charge in [-0.1, -0.05) is 11.8 Å². The second-order valence-electron chi connectivity index (χ2n) is 1.44. The maximum Gasteiger partial charge on any atom is 0.121 e. The molecule has 0 radical (unpaired) electrons. The Labute approximate surface area is 48.3 Å². The van der Waals surface area contributed by atoms with Crippen molar-refractivity contribution in [2.24, 2.45) is 9.98 Å². The zero-order chi connectivity index (χ0) is 5.82. The molecule has 0 saturated heterocycles. The molecule has 0 amide bonds. The van der Waals surface area contributed by atoms with E-state index < -0.39 is 0 Å². The highest BCUT2D eigenvalue weighted by atomic mass is 14.9. The lowest BCUT2D eigenvalue weighted by atomic mass is 10.6. The fourth-order valence-electron chi connectivity index (χ4n) is 0.412. The smallest absolute Gasteiger partial charge is 0.121 e. The molecule has 0 aliphatic carbocycles. The van der Waals surface area contributed by atoms with E-state index in [1.54, 1.807) is 6.21 Å². The Bertz CT molecular complexity index is 190. The first-order chi connectivity index (χ1) is 3.89. The topological polar surface area (TPSA) is 24.7 Å². The number of aliphatic imine (C=N–C) groups is 2. The summed E-state index contributed by atoms with van der Waals surface area (Å²) in [7, 11) is 0. The summed E-state index contributed by atoms with van der Waals surface area (Å²) in [6.07, 6.45) is 1.58. The van der Waals surface area contributed by atoms with Crippen LogP contribution in [0.3, 0.4) is 0 Å². The van der Waals surface area contributed by atoms with Crippen molar-refractivity contribution >= 4 is 12.1 Å². The average molecular weight is 106 g/mol. The Morgan fingerprint density at radius 3 is 3.50 bits per heavy atom. The van der Waals surface area contributed by atoms with E-state index in [4.69, 9.17) is 0 Å². The Morgan fingerprint density at radius 1 is 1.75 bits per heavy atom. The van der Waals surface area contributed by atoms with Crippen LogP contribution in [0.25, 0.3) is 0 Å². The fraction of sp³-hybridized carbons (Fsp3) is 0.333. The SMILES string of the molecule is CC1=NCC#CC=N1. The summed E-state index contributed by atoms with van der Waals surface area (Å²) < 4.78 is 0. The van der Waals surface area contributed by atoms with E-state index in [1.165, 1.54) is 0 Å². The van der Waals surface area contributed by atoms with Crippen molar-refractivity contribution in [3.63, 3.8) is 0 Å². The van der Waals surface area contributed by atoms with Crippen LogP contribution in [0.2, 0.25) is 0 Å². The highest BCUT2D eigenvalue weighted by molar-refractivity contribution is 5.94. The third kappa shape index (κ3) is 1.19. The largest absolute Gasteiger partial charge is 0.258 e. The van der Waals surface area contributed by atoms with Crippen molar-refractivity contribution < 1.29 is 0 Å². The Morgan fingerprint density at radius 2 is 2.62 bits per heavy atom. The minimum Gasteiger partial charge on any atom is -0.258 e. The van der Waals surface area contributed by atoms with E-state index in [0.717, 1.165) is 5.84 Å². The van der Waals surface area contributed by atoms with Crippen LogP contribution in [0.1, 0.15) is 6.92 Å². The third-order valence-electron chi connectivity index (χ3n) is 0.805. The van der Waals surface area contributed by atoms with E-state index in [0.29, 0.717) is 6.54 Å². The summed E-state index contributed by atoms with van der Waals surface area (Å²) in [5.74, 6) is 6.31. The zero-order valence-corrected chi connectivity index (χ0v) is 4.68. The molecule has 40 valence electrons. The van der Waals surface area contributed by atoms with Gasteiger partial charge in [0.25, 0.3) is 0 Å². The van der Waals surface area contributed by atoms with Crippen molar-refractivity contribution in [3.05, 3.63) is 0 Å². The van der Waals surface area contributed by atoms with E-state index in [1.807, 2.05) is 6.92 Å². The van der Waals surface area contributed by atoms with Gasteiger partial charge in [0.05, 0.1) is 6.21 Å². The first-order valence-corrected chi connectivity index (χ1v) is 2.41. The second-order valence-corrected chi connectivity index (χ2v) is 1.44. The van der Waals surface area contributed by atoms with Gasteiger partial charge >= 0.3 is 0 Å². The van der Waals surface area contributed by atoms with Crippen molar-refractivity contribution in [3.8, 4) is 11.8 Å². The normalized spacial score (nSPS) is 15.9. The summed E-state index contributed by atoms with van der Waals surface area (Å²) in [6.45, 7) is 2.44. The molecule has 0 N–H and O–H groups in total. The van der Waals surface area contributed by atoms with Crippen LogP contribution >= 0.6 is 0 Å². The molecule has 0 aromatic rings. The van der Waals surface area contributed by atoms with Gasteiger partial charge < -0.3 is 0 Å². The van der Waals surface area contributed by atoms with Gasteiger partial charge in [-0.3, -0.25) is 4.99 Å². The summed E-state index contributed by atoms with van der Waals surface area (Å²) in [6, 6.07) is 0. The number of nitrogens with zero attached hydrogens (tertiary/aromatic N) is 2. The van der Waals surface area contributed by atoms with E-state index in [2.05, 4.69) is 21.8 Å². The molecule has 0 aromatic carbocycles. The lowest BCUT2D eigenvalue weighted by Crippen LogP contribution is -1.83. The van der Waals surface area contributed by atoms with Crippen LogP contribution in [-0.2, 0) is 0 Å². The van der Waals surface area contributed by atoms with Gasteiger partial charge in [-0.05, 0) is 6.92 Å². The van der Waals surface area contributed by atoms with Gasteiger partial charge in [-0.2, -0.15) is 0 Å². The molecule has 1 rings (SSSR count). The first kappa shape index (κ1) is 5.04. The standard InChI is InChI=1S/C6H6N2/c1-6-7-4-2-3-5-8-6/h4H,5H2,1H3.